The molecule has 0 aliphatic rings. The fraction of sp³-hybridized carbons (Fsp3) is 1.00. The lowest BCUT2D eigenvalue weighted by molar-refractivity contribution is 0.344. The van der Waals surface area contributed by atoms with Crippen molar-refractivity contribution in [3.63, 3.8) is 0 Å². The summed E-state index contributed by atoms with van der Waals surface area (Å²) in [5, 5.41) is 0. The molecule has 0 rings (SSSR count). The van der Waals surface area contributed by atoms with Crippen LogP contribution in [0.5, 0.6) is 0 Å². The van der Waals surface area contributed by atoms with Gasteiger partial charge in [0.1, 0.15) is 6.67 Å². The lowest BCUT2D eigenvalue weighted by Crippen LogP contribution is -2.13. The lowest BCUT2D eigenvalue weighted by Gasteiger charge is -2.02. The van der Waals surface area contributed by atoms with Crippen molar-refractivity contribution in [1.82, 2.24) is 4.90 Å². The maximum absolute atomic E-state index is 11.2. The van der Waals surface area contributed by atoms with Crippen LogP contribution in [0, 0.1) is 0 Å². The molecule has 0 aromatic carbocycles. The molecule has 0 N–H and O–H groups in total. The van der Waals surface area contributed by atoms with Gasteiger partial charge in [0.2, 0.25) is 0 Å². The first-order valence-corrected chi connectivity index (χ1v) is 1.98. The molecule has 0 saturated heterocycles. The second-order valence-electron chi connectivity index (χ2n) is 1.49. The molecule has 2 heteroatoms. The maximum Gasteiger partial charge on any atom is 0.102 e. The zero-order chi connectivity index (χ0) is 4.99. The molecule has 6 heavy (non-hydrogen) atoms. The van der Waals surface area contributed by atoms with Gasteiger partial charge in [0, 0.05) is 6.54 Å². The Balaban J connectivity index is 2.63. The largest absolute Gasteiger partial charge is 0.307 e. The topological polar surface area (TPSA) is 3.24 Å². The predicted molar refractivity (Wildman–Crippen MR) is 24.5 cm³/mol. The van der Waals surface area contributed by atoms with Gasteiger partial charge in [0.15, 0.2) is 0 Å². The second-order valence-corrected chi connectivity index (χ2v) is 1.49. The highest BCUT2D eigenvalue weighted by Gasteiger charge is 1.82. The number of alkyl halides is 1. The van der Waals surface area contributed by atoms with Gasteiger partial charge in [-0.2, -0.15) is 0 Å². The minimum atomic E-state index is -0.243. The number of hydrogen-bond donors (Lipinski definition) is 0. The zero-order valence-corrected chi connectivity index (χ0v) is 4.24. The van der Waals surface area contributed by atoms with Crippen molar-refractivity contribution in [2.75, 3.05) is 27.3 Å². The number of hydrogen-bond acceptors (Lipinski definition) is 1. The fourth-order valence-corrected chi connectivity index (χ4v) is 0.169. The van der Waals surface area contributed by atoms with Crippen LogP contribution in [0.4, 0.5) is 4.39 Å². The summed E-state index contributed by atoms with van der Waals surface area (Å²) in [6.45, 7) is 0.299. The molecule has 0 aliphatic carbocycles. The molecule has 0 amide bonds. The Kier molecular flexibility index (Phi) is 3.04. The molecule has 0 radical (unpaired) electrons. The Labute approximate surface area is 37.8 Å². The van der Waals surface area contributed by atoms with Crippen LogP contribution in [0.1, 0.15) is 0 Å². The third kappa shape index (κ3) is 3.89. The van der Waals surface area contributed by atoms with Crippen molar-refractivity contribution in [3.8, 4) is 0 Å². The van der Waals surface area contributed by atoms with Crippen molar-refractivity contribution >= 4 is 0 Å². The molecule has 0 bridgehead atoms. The molecule has 0 aromatic rings. The van der Waals surface area contributed by atoms with Gasteiger partial charge in [0.25, 0.3) is 0 Å². The van der Waals surface area contributed by atoms with Crippen LogP contribution in [0.2, 0.25) is 0 Å². The third-order valence-corrected chi connectivity index (χ3v) is 0.532. The molecule has 0 unspecified atom stereocenters. The summed E-state index contributed by atoms with van der Waals surface area (Å²) in [4.78, 5) is 1.81. The van der Waals surface area contributed by atoms with Gasteiger partial charge < -0.3 is 4.90 Å². The predicted octanol–water partition coefficient (Wildman–Crippen LogP) is 0.517. The van der Waals surface area contributed by atoms with E-state index in [0.29, 0.717) is 6.54 Å². The van der Waals surface area contributed by atoms with Crippen LogP contribution in [0.3, 0.4) is 0 Å². The Morgan fingerprint density at radius 1 is 1.50 bits per heavy atom. The highest BCUT2D eigenvalue weighted by molar-refractivity contribution is 4.34. The van der Waals surface area contributed by atoms with Crippen molar-refractivity contribution in [1.29, 1.82) is 0 Å². The summed E-state index contributed by atoms with van der Waals surface area (Å²) in [6.07, 6.45) is 0. The normalized spacial score (nSPS) is 10.0. The van der Waals surface area contributed by atoms with E-state index in [4.69, 9.17) is 0 Å². The quantitative estimate of drug-likeness (QED) is 0.479. The molecular formula is C4H10FN. The average molecular weight is 91.1 g/mol. The molecule has 0 aliphatic heterocycles. The molecule has 0 saturated carbocycles. The molecule has 0 spiro atoms. The third-order valence-electron chi connectivity index (χ3n) is 0.532. The molecule has 0 atom stereocenters. The second kappa shape index (κ2) is 3.09. The van der Waals surface area contributed by atoms with Gasteiger partial charge in [-0.1, -0.05) is 0 Å². The summed E-state index contributed by atoms with van der Waals surface area (Å²) in [5.41, 5.74) is 0. The van der Waals surface area contributed by atoms with Gasteiger partial charge in [-0.05, 0) is 14.1 Å². The number of rotatable bonds is 2. The van der Waals surface area contributed by atoms with E-state index in [0.717, 1.165) is 0 Å². The first kappa shape index (κ1) is 5.89. The summed E-state index contributed by atoms with van der Waals surface area (Å²) < 4.78 is 11.2. The first-order valence-electron chi connectivity index (χ1n) is 1.98. The average Bonchev–Trinajstić information content (AvgIpc) is 1.35. The Hall–Kier alpha value is -0.110. The van der Waals surface area contributed by atoms with Crippen LogP contribution < -0.4 is 0 Å². The molecular weight excluding hydrogens is 81.0 g/mol. The Morgan fingerprint density at radius 3 is 2.00 bits per heavy atom. The SMILES string of the molecule is CN(C)CCF. The minimum absolute atomic E-state index is 0.243. The van der Waals surface area contributed by atoms with Crippen LogP contribution in [-0.4, -0.2) is 32.2 Å². The van der Waals surface area contributed by atoms with Crippen LogP contribution in [-0.2, 0) is 0 Å². The zero-order valence-electron chi connectivity index (χ0n) is 4.24. The van der Waals surface area contributed by atoms with Crippen molar-refractivity contribution in [3.05, 3.63) is 0 Å². The van der Waals surface area contributed by atoms with Crippen molar-refractivity contribution in [2.24, 2.45) is 0 Å². The highest BCUT2D eigenvalue weighted by atomic mass is 19.1. The monoisotopic (exact) mass is 91.1 g/mol. The summed E-state index contributed by atoms with van der Waals surface area (Å²) >= 11 is 0. The summed E-state index contributed by atoms with van der Waals surface area (Å²) in [6, 6.07) is 0. The first-order chi connectivity index (χ1) is 2.77. The van der Waals surface area contributed by atoms with Gasteiger partial charge >= 0.3 is 0 Å². The maximum atomic E-state index is 11.2. The summed E-state index contributed by atoms with van der Waals surface area (Å²) in [5.74, 6) is 0. The van der Waals surface area contributed by atoms with Crippen LogP contribution >= 0.6 is 0 Å². The standard InChI is InChI=1S/C4H10FN/c1-6(2)4-3-5/h3-4H2,1-2H3. The van der Waals surface area contributed by atoms with E-state index in [1.54, 1.807) is 4.90 Å². The molecule has 38 valence electrons. The molecule has 0 fully saturated rings. The van der Waals surface area contributed by atoms with E-state index >= 15 is 0 Å². The smallest absolute Gasteiger partial charge is 0.102 e. The lowest BCUT2D eigenvalue weighted by atomic mass is 10.7. The molecule has 0 aromatic heterocycles. The van der Waals surface area contributed by atoms with Crippen LogP contribution in [0.15, 0.2) is 0 Å². The minimum Gasteiger partial charge on any atom is -0.307 e. The molecule has 0 heterocycles. The Morgan fingerprint density at radius 2 is 2.00 bits per heavy atom. The van der Waals surface area contributed by atoms with Crippen LogP contribution in [0.25, 0.3) is 0 Å². The number of halogens is 1. The van der Waals surface area contributed by atoms with Gasteiger partial charge in [-0.15, -0.1) is 0 Å². The highest BCUT2D eigenvalue weighted by Crippen LogP contribution is 1.71. The van der Waals surface area contributed by atoms with E-state index in [1.807, 2.05) is 14.1 Å². The van der Waals surface area contributed by atoms with E-state index in [9.17, 15) is 4.39 Å². The van der Waals surface area contributed by atoms with E-state index in [-0.39, 0.29) is 6.67 Å². The van der Waals surface area contributed by atoms with E-state index < -0.39 is 0 Å². The van der Waals surface area contributed by atoms with E-state index in [1.165, 1.54) is 0 Å². The molecule has 1 nitrogen and oxygen atoms in total. The Bertz CT molecular complexity index is 28.7. The van der Waals surface area contributed by atoms with Gasteiger partial charge in [0.05, 0.1) is 0 Å². The van der Waals surface area contributed by atoms with Crippen molar-refractivity contribution in [2.45, 2.75) is 0 Å². The van der Waals surface area contributed by atoms with Crippen molar-refractivity contribution < 1.29 is 4.39 Å². The fourth-order valence-electron chi connectivity index (χ4n) is 0.169. The van der Waals surface area contributed by atoms with Gasteiger partial charge in [-0.25, -0.2) is 4.39 Å². The van der Waals surface area contributed by atoms with E-state index in [2.05, 4.69) is 0 Å². The number of nitrogens with zero attached hydrogens (tertiary/aromatic N) is 1. The summed E-state index contributed by atoms with van der Waals surface area (Å²) in [7, 11) is 3.69. The van der Waals surface area contributed by atoms with Gasteiger partial charge in [-0.3, -0.25) is 0 Å².